The molecule has 0 bridgehead atoms. The molecule has 5 nitrogen and oxygen atoms in total. The lowest BCUT2D eigenvalue weighted by Gasteiger charge is -2.36. The van der Waals surface area contributed by atoms with Crippen LogP contribution >= 0.6 is 23.2 Å². The molecule has 1 fully saturated rings. The fourth-order valence-electron chi connectivity index (χ4n) is 3.11. The number of β-amino-alcohol motifs (C(OH)–C–C–N with tert-alkyl or cyclic N) is 1. The van der Waals surface area contributed by atoms with Crippen LogP contribution in [0.4, 0.5) is 5.69 Å². The Hall–Kier alpha value is -1.66. The molecule has 3 rings (SSSR count). The largest absolute Gasteiger partial charge is 0.497 e. The highest BCUT2D eigenvalue weighted by Gasteiger charge is 2.20. The third kappa shape index (κ3) is 5.66. The van der Waals surface area contributed by atoms with E-state index in [1.54, 1.807) is 25.3 Å². The Labute approximate surface area is 170 Å². The van der Waals surface area contributed by atoms with Crippen molar-refractivity contribution in [2.24, 2.45) is 0 Å². The molecule has 27 heavy (non-hydrogen) atoms. The molecule has 146 valence electrons. The lowest BCUT2D eigenvalue weighted by atomic mass is 10.2. The van der Waals surface area contributed by atoms with E-state index in [1.807, 2.05) is 12.1 Å². The van der Waals surface area contributed by atoms with Gasteiger partial charge in [-0.25, -0.2) is 0 Å². The van der Waals surface area contributed by atoms with Crippen molar-refractivity contribution in [2.45, 2.75) is 6.10 Å². The Balaban J connectivity index is 1.42. The van der Waals surface area contributed by atoms with E-state index >= 15 is 0 Å². The number of aliphatic hydroxyl groups is 1. The number of methoxy groups -OCH3 is 1. The van der Waals surface area contributed by atoms with Gasteiger partial charge in [0.05, 0.1) is 12.1 Å². The highest BCUT2D eigenvalue weighted by molar-refractivity contribution is 6.35. The first-order chi connectivity index (χ1) is 13.0. The summed E-state index contributed by atoms with van der Waals surface area (Å²) in [6.07, 6.45) is -0.579. The molecule has 7 heteroatoms. The van der Waals surface area contributed by atoms with E-state index in [0.29, 0.717) is 22.3 Å². The van der Waals surface area contributed by atoms with E-state index in [2.05, 4.69) is 21.9 Å². The molecule has 0 unspecified atom stereocenters. The highest BCUT2D eigenvalue weighted by Crippen LogP contribution is 2.27. The number of hydrogen-bond acceptors (Lipinski definition) is 5. The summed E-state index contributed by atoms with van der Waals surface area (Å²) in [6, 6.07) is 13.2. The summed E-state index contributed by atoms with van der Waals surface area (Å²) < 4.78 is 10.8. The molecule has 1 aliphatic heterocycles. The number of rotatable bonds is 7. The second-order valence-corrected chi connectivity index (χ2v) is 7.37. The second kappa shape index (κ2) is 9.51. The van der Waals surface area contributed by atoms with Crippen LogP contribution in [0.25, 0.3) is 0 Å². The molecule has 0 aromatic heterocycles. The molecule has 0 spiro atoms. The Kier molecular flexibility index (Phi) is 7.07. The van der Waals surface area contributed by atoms with E-state index in [0.717, 1.165) is 31.9 Å². The van der Waals surface area contributed by atoms with Crippen LogP contribution in [0.2, 0.25) is 10.0 Å². The first kappa shape index (κ1) is 20.1. The Morgan fingerprint density at radius 1 is 1.04 bits per heavy atom. The third-order valence-electron chi connectivity index (χ3n) is 4.60. The fourth-order valence-corrected chi connectivity index (χ4v) is 3.57. The molecular formula is C20H24Cl2N2O3. The van der Waals surface area contributed by atoms with Gasteiger partial charge in [-0.1, -0.05) is 23.2 Å². The van der Waals surface area contributed by atoms with Gasteiger partial charge in [0.2, 0.25) is 0 Å². The van der Waals surface area contributed by atoms with Crippen molar-refractivity contribution >= 4 is 28.9 Å². The standard InChI is InChI=1S/C20H24Cl2N2O3/c1-26-18-5-3-16(4-6-18)24-10-8-23(9-11-24)13-17(25)14-27-20-7-2-15(21)12-19(20)22/h2-7,12,17,25H,8-11,13-14H2,1H3/t17-/m0/s1. The quantitative estimate of drug-likeness (QED) is 0.755. The Bertz CT molecular complexity index is 735. The van der Waals surface area contributed by atoms with E-state index in [9.17, 15) is 5.11 Å². The molecule has 1 atom stereocenters. The van der Waals surface area contributed by atoms with Crippen LogP contribution in [-0.2, 0) is 0 Å². The first-order valence-corrected chi connectivity index (χ1v) is 9.68. The number of halogens is 2. The van der Waals surface area contributed by atoms with Crippen molar-refractivity contribution in [2.75, 3.05) is 51.3 Å². The van der Waals surface area contributed by atoms with Gasteiger partial charge in [0.15, 0.2) is 0 Å². The maximum atomic E-state index is 10.3. The summed E-state index contributed by atoms with van der Waals surface area (Å²) in [5.41, 5.74) is 1.19. The summed E-state index contributed by atoms with van der Waals surface area (Å²) in [4.78, 5) is 4.59. The van der Waals surface area contributed by atoms with Gasteiger partial charge in [-0.2, -0.15) is 0 Å². The van der Waals surface area contributed by atoms with Gasteiger partial charge in [0.25, 0.3) is 0 Å². The summed E-state index contributed by atoms with van der Waals surface area (Å²) in [5.74, 6) is 1.39. The third-order valence-corrected chi connectivity index (χ3v) is 5.13. The van der Waals surface area contributed by atoms with Crippen LogP contribution in [0.15, 0.2) is 42.5 Å². The van der Waals surface area contributed by atoms with Crippen LogP contribution < -0.4 is 14.4 Å². The maximum absolute atomic E-state index is 10.3. The molecule has 2 aromatic rings. The van der Waals surface area contributed by atoms with Crippen LogP contribution in [0.3, 0.4) is 0 Å². The van der Waals surface area contributed by atoms with Gasteiger partial charge < -0.3 is 19.5 Å². The topological polar surface area (TPSA) is 45.2 Å². The number of aliphatic hydroxyl groups excluding tert-OH is 1. The molecule has 0 radical (unpaired) electrons. The lowest BCUT2D eigenvalue weighted by molar-refractivity contribution is 0.0663. The minimum absolute atomic E-state index is 0.194. The van der Waals surface area contributed by atoms with E-state index in [-0.39, 0.29) is 6.61 Å². The Morgan fingerprint density at radius 3 is 2.37 bits per heavy atom. The smallest absolute Gasteiger partial charge is 0.138 e. The Morgan fingerprint density at radius 2 is 1.74 bits per heavy atom. The summed E-state index contributed by atoms with van der Waals surface area (Å²) in [6.45, 7) is 4.39. The fraction of sp³-hybridized carbons (Fsp3) is 0.400. The predicted molar refractivity (Wildman–Crippen MR) is 110 cm³/mol. The molecule has 0 aliphatic carbocycles. The molecule has 0 amide bonds. The number of nitrogens with zero attached hydrogens (tertiary/aromatic N) is 2. The van der Waals surface area contributed by atoms with Crippen LogP contribution in [0.1, 0.15) is 0 Å². The monoisotopic (exact) mass is 410 g/mol. The molecule has 0 saturated carbocycles. The number of piperazine rings is 1. The average molecular weight is 411 g/mol. The van der Waals surface area contributed by atoms with Crippen LogP contribution in [0, 0.1) is 0 Å². The highest BCUT2D eigenvalue weighted by atomic mass is 35.5. The van der Waals surface area contributed by atoms with Gasteiger partial charge in [0.1, 0.15) is 24.2 Å². The van der Waals surface area contributed by atoms with Crippen molar-refractivity contribution < 1.29 is 14.6 Å². The first-order valence-electron chi connectivity index (χ1n) is 8.92. The minimum Gasteiger partial charge on any atom is -0.497 e. The van der Waals surface area contributed by atoms with Crippen LogP contribution in [-0.4, -0.2) is 62.6 Å². The number of benzene rings is 2. The maximum Gasteiger partial charge on any atom is 0.138 e. The second-order valence-electron chi connectivity index (χ2n) is 6.53. The minimum atomic E-state index is -0.579. The van der Waals surface area contributed by atoms with Gasteiger partial charge >= 0.3 is 0 Å². The summed E-state index contributed by atoms with van der Waals surface area (Å²) in [7, 11) is 1.67. The normalized spacial score (nSPS) is 16.2. The molecular weight excluding hydrogens is 387 g/mol. The zero-order valence-electron chi connectivity index (χ0n) is 15.3. The van der Waals surface area contributed by atoms with Crippen molar-refractivity contribution in [3.05, 3.63) is 52.5 Å². The molecule has 1 aliphatic rings. The van der Waals surface area contributed by atoms with Gasteiger partial charge in [-0.15, -0.1) is 0 Å². The molecule has 1 saturated heterocycles. The van der Waals surface area contributed by atoms with Crippen molar-refractivity contribution in [1.82, 2.24) is 4.90 Å². The zero-order valence-corrected chi connectivity index (χ0v) is 16.8. The lowest BCUT2D eigenvalue weighted by Crippen LogP contribution is -2.49. The van der Waals surface area contributed by atoms with E-state index in [4.69, 9.17) is 32.7 Å². The summed E-state index contributed by atoms with van der Waals surface area (Å²) >= 11 is 12.0. The van der Waals surface area contributed by atoms with Gasteiger partial charge in [-0.3, -0.25) is 4.90 Å². The molecule has 2 aromatic carbocycles. The summed E-state index contributed by atoms with van der Waals surface area (Å²) in [5, 5.41) is 11.3. The number of hydrogen-bond donors (Lipinski definition) is 1. The SMILES string of the molecule is COc1ccc(N2CCN(C[C@H](O)COc3ccc(Cl)cc3Cl)CC2)cc1. The van der Waals surface area contributed by atoms with E-state index in [1.165, 1.54) is 5.69 Å². The number of anilines is 1. The molecule has 1 heterocycles. The van der Waals surface area contributed by atoms with Gasteiger partial charge in [0, 0.05) is 43.4 Å². The van der Waals surface area contributed by atoms with E-state index < -0.39 is 6.10 Å². The van der Waals surface area contributed by atoms with Crippen molar-refractivity contribution in [3.63, 3.8) is 0 Å². The molecule has 1 N–H and O–H groups in total. The number of ether oxygens (including phenoxy) is 2. The average Bonchev–Trinajstić information content (AvgIpc) is 2.68. The van der Waals surface area contributed by atoms with Gasteiger partial charge in [-0.05, 0) is 42.5 Å². The van der Waals surface area contributed by atoms with Crippen molar-refractivity contribution in [1.29, 1.82) is 0 Å². The van der Waals surface area contributed by atoms with Crippen LogP contribution in [0.5, 0.6) is 11.5 Å². The van der Waals surface area contributed by atoms with Crippen molar-refractivity contribution in [3.8, 4) is 11.5 Å². The predicted octanol–water partition coefficient (Wildman–Crippen LogP) is 3.56. The zero-order chi connectivity index (χ0) is 19.2.